The smallest absolute Gasteiger partial charge is 0.257 e. The number of nitrogens with zero attached hydrogens (tertiary/aromatic N) is 3. The van der Waals surface area contributed by atoms with Crippen molar-refractivity contribution in [2.45, 2.75) is 20.3 Å². The van der Waals surface area contributed by atoms with E-state index in [0.29, 0.717) is 23.4 Å². The molecule has 0 aliphatic heterocycles. The number of anilines is 1. The third kappa shape index (κ3) is 5.25. The van der Waals surface area contributed by atoms with E-state index in [1.165, 1.54) is 12.4 Å². The summed E-state index contributed by atoms with van der Waals surface area (Å²) in [5.41, 5.74) is 4.81. The summed E-state index contributed by atoms with van der Waals surface area (Å²) in [6.07, 6.45) is 7.14. The van der Waals surface area contributed by atoms with Crippen molar-refractivity contribution in [3.8, 4) is 0 Å². The average Bonchev–Trinajstić information content (AvgIpc) is 2.75. The van der Waals surface area contributed by atoms with Gasteiger partial charge in [0.1, 0.15) is 0 Å². The quantitative estimate of drug-likeness (QED) is 0.699. The summed E-state index contributed by atoms with van der Waals surface area (Å²) in [4.78, 5) is 35.0. The maximum absolute atomic E-state index is 12.7. The van der Waals surface area contributed by atoms with Gasteiger partial charge in [-0.05, 0) is 67.3 Å². The molecule has 0 aliphatic rings. The van der Waals surface area contributed by atoms with Gasteiger partial charge < -0.3 is 10.2 Å². The molecule has 6 nitrogen and oxygen atoms in total. The summed E-state index contributed by atoms with van der Waals surface area (Å²) < 4.78 is 0. The van der Waals surface area contributed by atoms with Gasteiger partial charge in [0, 0.05) is 44.1 Å². The van der Waals surface area contributed by atoms with E-state index in [1.54, 1.807) is 30.4 Å². The molecule has 0 saturated carbocycles. The highest BCUT2D eigenvalue weighted by Crippen LogP contribution is 2.16. The van der Waals surface area contributed by atoms with Gasteiger partial charge in [0.2, 0.25) is 0 Å². The van der Waals surface area contributed by atoms with Crippen LogP contribution in [0.15, 0.2) is 61.2 Å². The van der Waals surface area contributed by atoms with Gasteiger partial charge in [-0.3, -0.25) is 19.6 Å². The van der Waals surface area contributed by atoms with Crippen LogP contribution in [0.2, 0.25) is 0 Å². The van der Waals surface area contributed by atoms with Crippen LogP contribution in [0.4, 0.5) is 5.69 Å². The summed E-state index contributed by atoms with van der Waals surface area (Å²) in [6.45, 7) is 4.57. The molecule has 0 atom stereocenters. The third-order valence-corrected chi connectivity index (χ3v) is 4.84. The number of carbonyl (C=O) groups is 2. The molecule has 1 aromatic carbocycles. The molecule has 0 radical (unpaired) electrons. The van der Waals surface area contributed by atoms with Crippen LogP contribution in [0.25, 0.3) is 0 Å². The molecule has 0 unspecified atom stereocenters. The zero-order chi connectivity index (χ0) is 20.8. The zero-order valence-electron chi connectivity index (χ0n) is 16.8. The van der Waals surface area contributed by atoms with E-state index >= 15 is 0 Å². The van der Waals surface area contributed by atoms with Crippen molar-refractivity contribution in [3.05, 3.63) is 89.0 Å². The molecular weight excluding hydrogens is 364 g/mol. The number of rotatable bonds is 6. The molecule has 2 amide bonds. The molecular formula is C23H24N4O2. The largest absolute Gasteiger partial charge is 0.341 e. The molecule has 0 aliphatic carbocycles. The Morgan fingerprint density at radius 1 is 0.931 bits per heavy atom. The predicted molar refractivity (Wildman–Crippen MR) is 113 cm³/mol. The molecule has 2 aromatic heterocycles. The Morgan fingerprint density at radius 2 is 1.66 bits per heavy atom. The van der Waals surface area contributed by atoms with Crippen LogP contribution in [0.3, 0.4) is 0 Å². The molecule has 6 heteroatoms. The summed E-state index contributed by atoms with van der Waals surface area (Å²) in [5, 5.41) is 2.86. The molecule has 0 spiro atoms. The SMILES string of the molecule is Cc1ccc(NC(=O)c2cncc(C(=O)N(C)CCc3ccncc3)c2)cc1C. The van der Waals surface area contributed by atoms with Crippen LogP contribution in [0.1, 0.15) is 37.4 Å². The number of benzene rings is 1. The highest BCUT2D eigenvalue weighted by molar-refractivity contribution is 6.05. The first kappa shape index (κ1) is 20.2. The van der Waals surface area contributed by atoms with E-state index in [0.717, 1.165) is 23.1 Å². The van der Waals surface area contributed by atoms with Gasteiger partial charge in [0.25, 0.3) is 11.8 Å². The number of hydrogen-bond donors (Lipinski definition) is 1. The molecule has 0 bridgehead atoms. The van der Waals surface area contributed by atoms with Crippen molar-refractivity contribution in [2.24, 2.45) is 0 Å². The van der Waals surface area contributed by atoms with Crippen LogP contribution < -0.4 is 5.32 Å². The van der Waals surface area contributed by atoms with E-state index in [2.05, 4.69) is 15.3 Å². The Bertz CT molecular complexity index is 1020. The molecule has 3 rings (SSSR count). The number of nitrogens with one attached hydrogen (secondary N) is 1. The van der Waals surface area contributed by atoms with Crippen molar-refractivity contribution in [3.63, 3.8) is 0 Å². The van der Waals surface area contributed by atoms with Crippen LogP contribution in [-0.2, 0) is 6.42 Å². The Labute approximate surface area is 170 Å². The van der Waals surface area contributed by atoms with Crippen molar-refractivity contribution in [2.75, 3.05) is 18.9 Å². The average molecular weight is 388 g/mol. The van der Waals surface area contributed by atoms with Gasteiger partial charge >= 0.3 is 0 Å². The van der Waals surface area contributed by atoms with Crippen LogP contribution in [-0.4, -0.2) is 40.3 Å². The minimum absolute atomic E-state index is 0.174. The fraction of sp³-hybridized carbons (Fsp3) is 0.217. The van der Waals surface area contributed by atoms with Gasteiger partial charge in [0.05, 0.1) is 11.1 Å². The number of likely N-dealkylation sites (N-methyl/N-ethyl adjacent to an activating group) is 1. The van der Waals surface area contributed by atoms with Crippen molar-refractivity contribution < 1.29 is 9.59 Å². The number of aromatic nitrogens is 2. The van der Waals surface area contributed by atoms with Crippen LogP contribution in [0.5, 0.6) is 0 Å². The number of carbonyl (C=O) groups excluding carboxylic acids is 2. The lowest BCUT2D eigenvalue weighted by atomic mass is 10.1. The van der Waals surface area contributed by atoms with E-state index in [4.69, 9.17) is 0 Å². The van der Waals surface area contributed by atoms with Crippen LogP contribution >= 0.6 is 0 Å². The fourth-order valence-corrected chi connectivity index (χ4v) is 2.87. The summed E-state index contributed by atoms with van der Waals surface area (Å²) in [7, 11) is 1.74. The number of hydrogen-bond acceptors (Lipinski definition) is 4. The topological polar surface area (TPSA) is 75.2 Å². The minimum atomic E-state index is -0.296. The van der Waals surface area contributed by atoms with E-state index in [9.17, 15) is 9.59 Å². The van der Waals surface area contributed by atoms with Gasteiger partial charge in [0.15, 0.2) is 0 Å². The number of pyridine rings is 2. The lowest BCUT2D eigenvalue weighted by Gasteiger charge is -2.17. The monoisotopic (exact) mass is 388 g/mol. The first-order chi connectivity index (χ1) is 13.9. The first-order valence-corrected chi connectivity index (χ1v) is 9.42. The molecule has 3 aromatic rings. The van der Waals surface area contributed by atoms with Crippen LogP contribution in [0, 0.1) is 13.8 Å². The van der Waals surface area contributed by atoms with Gasteiger partial charge in [-0.1, -0.05) is 6.07 Å². The lowest BCUT2D eigenvalue weighted by Crippen LogP contribution is -2.29. The Hall–Kier alpha value is -3.54. The first-order valence-electron chi connectivity index (χ1n) is 9.42. The molecule has 148 valence electrons. The highest BCUT2D eigenvalue weighted by Gasteiger charge is 2.15. The Balaban J connectivity index is 1.66. The minimum Gasteiger partial charge on any atom is -0.341 e. The number of aryl methyl sites for hydroxylation is 2. The predicted octanol–water partition coefficient (Wildman–Crippen LogP) is 3.66. The summed E-state index contributed by atoms with van der Waals surface area (Å²) in [6, 6.07) is 11.2. The second kappa shape index (κ2) is 9.10. The molecule has 0 fully saturated rings. The number of amides is 2. The van der Waals surface area contributed by atoms with Gasteiger partial charge in [-0.2, -0.15) is 0 Å². The highest BCUT2D eigenvalue weighted by atomic mass is 16.2. The van der Waals surface area contributed by atoms with E-state index < -0.39 is 0 Å². The Kier molecular flexibility index (Phi) is 6.34. The van der Waals surface area contributed by atoms with E-state index in [1.807, 2.05) is 44.2 Å². The standard InChI is InChI=1S/C23H24N4O2/c1-16-4-5-21(12-17(16)2)26-22(28)19-13-20(15-25-14-19)23(29)27(3)11-8-18-6-9-24-10-7-18/h4-7,9-10,12-15H,8,11H2,1-3H3,(H,26,28). The molecule has 29 heavy (non-hydrogen) atoms. The normalized spacial score (nSPS) is 10.4. The Morgan fingerprint density at radius 3 is 2.38 bits per heavy atom. The van der Waals surface area contributed by atoms with Crippen molar-refractivity contribution in [1.29, 1.82) is 0 Å². The maximum atomic E-state index is 12.7. The molecule has 1 N–H and O–H groups in total. The summed E-state index contributed by atoms with van der Waals surface area (Å²) in [5.74, 6) is -0.470. The fourth-order valence-electron chi connectivity index (χ4n) is 2.87. The molecule has 0 saturated heterocycles. The second-order valence-corrected chi connectivity index (χ2v) is 7.05. The maximum Gasteiger partial charge on any atom is 0.257 e. The lowest BCUT2D eigenvalue weighted by molar-refractivity contribution is 0.0796. The molecule has 2 heterocycles. The van der Waals surface area contributed by atoms with Gasteiger partial charge in [-0.15, -0.1) is 0 Å². The van der Waals surface area contributed by atoms with Crippen molar-refractivity contribution in [1.82, 2.24) is 14.9 Å². The van der Waals surface area contributed by atoms with Crippen molar-refractivity contribution >= 4 is 17.5 Å². The summed E-state index contributed by atoms with van der Waals surface area (Å²) >= 11 is 0. The third-order valence-electron chi connectivity index (χ3n) is 4.84. The van der Waals surface area contributed by atoms with Gasteiger partial charge in [-0.25, -0.2) is 0 Å². The zero-order valence-corrected chi connectivity index (χ0v) is 16.8. The second-order valence-electron chi connectivity index (χ2n) is 7.05. The van der Waals surface area contributed by atoms with E-state index in [-0.39, 0.29) is 11.8 Å².